The number of hydrogen-bond donors (Lipinski definition) is 0. The summed E-state index contributed by atoms with van der Waals surface area (Å²) in [6.07, 6.45) is 4.39. The monoisotopic (exact) mass is 371 g/mol. The second kappa shape index (κ2) is 8.77. The molecule has 0 amide bonds. The Labute approximate surface area is 166 Å². The summed E-state index contributed by atoms with van der Waals surface area (Å²) in [6, 6.07) is 26.7. The van der Waals surface area contributed by atoms with Crippen LogP contribution in [-0.4, -0.2) is 24.6 Å². The maximum absolute atomic E-state index is 6.00. The van der Waals surface area contributed by atoms with E-state index in [0.29, 0.717) is 0 Å². The van der Waals surface area contributed by atoms with Crippen molar-refractivity contribution in [2.75, 3.05) is 19.7 Å². The average molecular weight is 371 g/mol. The zero-order valence-electron chi connectivity index (χ0n) is 16.1. The van der Waals surface area contributed by atoms with Crippen molar-refractivity contribution in [3.05, 3.63) is 102 Å². The fourth-order valence-electron chi connectivity index (χ4n) is 3.25. The Hall–Kier alpha value is -3.04. The van der Waals surface area contributed by atoms with E-state index in [4.69, 9.17) is 9.47 Å². The molecule has 3 aromatic carbocycles. The van der Waals surface area contributed by atoms with Gasteiger partial charge in [0.2, 0.25) is 0 Å². The maximum atomic E-state index is 6.00. The van der Waals surface area contributed by atoms with Crippen molar-refractivity contribution in [3.8, 4) is 11.5 Å². The van der Waals surface area contributed by atoms with Gasteiger partial charge in [0, 0.05) is 13.1 Å². The van der Waals surface area contributed by atoms with Crippen molar-refractivity contribution < 1.29 is 9.47 Å². The van der Waals surface area contributed by atoms with Gasteiger partial charge in [-0.05, 0) is 54.6 Å². The lowest BCUT2D eigenvalue weighted by Crippen LogP contribution is -2.34. The molecule has 3 nitrogen and oxygen atoms in total. The Bertz CT molecular complexity index is 902. The van der Waals surface area contributed by atoms with Crippen molar-refractivity contribution in [2.24, 2.45) is 0 Å². The molecule has 0 saturated carbocycles. The third kappa shape index (κ3) is 4.81. The van der Waals surface area contributed by atoms with Crippen LogP contribution in [0.25, 0.3) is 6.08 Å². The molecule has 0 N–H and O–H groups in total. The van der Waals surface area contributed by atoms with E-state index in [1.54, 1.807) is 0 Å². The molecule has 0 spiro atoms. The molecular formula is C25H25NO2. The van der Waals surface area contributed by atoms with Gasteiger partial charge in [-0.1, -0.05) is 60.2 Å². The van der Waals surface area contributed by atoms with Gasteiger partial charge >= 0.3 is 0 Å². The number of nitrogens with zero attached hydrogens (tertiary/aromatic N) is 1. The van der Waals surface area contributed by atoms with E-state index in [0.717, 1.165) is 31.2 Å². The highest BCUT2D eigenvalue weighted by Crippen LogP contribution is 2.27. The summed E-state index contributed by atoms with van der Waals surface area (Å²) in [4.78, 5) is 2.32. The van der Waals surface area contributed by atoms with E-state index in [-0.39, 0.29) is 6.10 Å². The molecule has 1 atom stereocenters. The van der Waals surface area contributed by atoms with Crippen LogP contribution in [0.1, 0.15) is 22.8 Å². The molecule has 3 aromatic rings. The fourth-order valence-corrected chi connectivity index (χ4v) is 3.25. The fraction of sp³-hybridized carbons (Fsp3) is 0.200. The highest BCUT2D eigenvalue weighted by Gasteiger charge is 2.20. The molecule has 0 unspecified atom stereocenters. The molecule has 28 heavy (non-hydrogen) atoms. The van der Waals surface area contributed by atoms with Gasteiger partial charge in [0.15, 0.2) is 0 Å². The first-order valence-corrected chi connectivity index (χ1v) is 9.70. The van der Waals surface area contributed by atoms with Crippen LogP contribution >= 0.6 is 0 Å². The van der Waals surface area contributed by atoms with Crippen molar-refractivity contribution in [1.29, 1.82) is 0 Å². The summed E-state index contributed by atoms with van der Waals surface area (Å²) in [5, 5.41) is 0. The number of rotatable bonds is 5. The Balaban J connectivity index is 1.38. The van der Waals surface area contributed by atoms with Gasteiger partial charge in [-0.3, -0.25) is 0 Å². The largest absolute Gasteiger partial charge is 0.457 e. The molecule has 3 heteroatoms. The van der Waals surface area contributed by atoms with Crippen LogP contribution in [0.4, 0.5) is 0 Å². The Morgan fingerprint density at radius 3 is 2.29 bits per heavy atom. The molecule has 0 aromatic heterocycles. The summed E-state index contributed by atoms with van der Waals surface area (Å²) in [5.41, 5.74) is 3.61. The Kier molecular flexibility index (Phi) is 5.74. The van der Waals surface area contributed by atoms with Crippen LogP contribution in [-0.2, 0) is 4.74 Å². The van der Waals surface area contributed by atoms with Gasteiger partial charge in [-0.25, -0.2) is 0 Å². The maximum Gasteiger partial charge on any atom is 0.127 e. The van der Waals surface area contributed by atoms with Gasteiger partial charge < -0.3 is 14.4 Å². The minimum Gasteiger partial charge on any atom is -0.457 e. The highest BCUT2D eigenvalue weighted by atomic mass is 16.5. The van der Waals surface area contributed by atoms with Crippen LogP contribution in [0.3, 0.4) is 0 Å². The SMILES string of the molecule is Cc1ccc(Oc2ccc([C@H]3CN(C=Cc4ccccc4)CCO3)cc2)cc1. The standard InChI is InChI=1S/C25H25NO2/c1-20-7-11-23(12-8-20)28-24-13-9-22(10-14-24)25-19-26(17-18-27-25)16-15-21-5-3-2-4-6-21/h2-16,25H,17-19H2,1H3/t25-/m1/s1. The van der Waals surface area contributed by atoms with E-state index in [2.05, 4.69) is 72.6 Å². The second-order valence-corrected chi connectivity index (χ2v) is 7.06. The van der Waals surface area contributed by atoms with Crippen molar-refractivity contribution in [2.45, 2.75) is 13.0 Å². The van der Waals surface area contributed by atoms with Crippen molar-refractivity contribution in [3.63, 3.8) is 0 Å². The quantitative estimate of drug-likeness (QED) is 0.563. The van der Waals surface area contributed by atoms with Crippen LogP contribution in [0.15, 0.2) is 85.1 Å². The van der Waals surface area contributed by atoms with Crippen molar-refractivity contribution >= 4 is 6.08 Å². The molecule has 0 aliphatic carbocycles. The molecule has 1 saturated heterocycles. The summed E-state index contributed by atoms with van der Waals surface area (Å²) < 4.78 is 11.9. The summed E-state index contributed by atoms with van der Waals surface area (Å²) >= 11 is 0. The summed E-state index contributed by atoms with van der Waals surface area (Å²) in [6.45, 7) is 4.56. The summed E-state index contributed by atoms with van der Waals surface area (Å²) in [7, 11) is 0. The molecule has 1 aliphatic heterocycles. The topological polar surface area (TPSA) is 21.7 Å². The third-order valence-corrected chi connectivity index (χ3v) is 4.88. The molecule has 142 valence electrons. The van der Waals surface area contributed by atoms with E-state index < -0.39 is 0 Å². The van der Waals surface area contributed by atoms with Crippen LogP contribution in [0.2, 0.25) is 0 Å². The van der Waals surface area contributed by atoms with Gasteiger partial charge in [-0.15, -0.1) is 0 Å². The predicted molar refractivity (Wildman–Crippen MR) is 113 cm³/mol. The van der Waals surface area contributed by atoms with E-state index in [1.165, 1.54) is 16.7 Å². The molecule has 1 fully saturated rings. The zero-order chi connectivity index (χ0) is 19.2. The molecule has 0 bridgehead atoms. The third-order valence-electron chi connectivity index (χ3n) is 4.88. The molecule has 0 radical (unpaired) electrons. The van der Waals surface area contributed by atoms with Crippen LogP contribution in [0.5, 0.6) is 11.5 Å². The minimum atomic E-state index is 0.0719. The Morgan fingerprint density at radius 2 is 1.57 bits per heavy atom. The van der Waals surface area contributed by atoms with Crippen LogP contribution < -0.4 is 4.74 Å². The molecule has 1 heterocycles. The zero-order valence-corrected chi connectivity index (χ0v) is 16.1. The lowest BCUT2D eigenvalue weighted by molar-refractivity contribution is -0.0135. The average Bonchev–Trinajstić information content (AvgIpc) is 2.75. The van der Waals surface area contributed by atoms with Gasteiger partial charge in [0.25, 0.3) is 0 Å². The second-order valence-electron chi connectivity index (χ2n) is 7.06. The number of benzene rings is 3. The smallest absolute Gasteiger partial charge is 0.127 e. The number of morpholine rings is 1. The number of ether oxygens (including phenoxy) is 2. The van der Waals surface area contributed by atoms with E-state index >= 15 is 0 Å². The lowest BCUT2D eigenvalue weighted by Gasteiger charge is -2.32. The predicted octanol–water partition coefficient (Wildman–Crippen LogP) is 5.83. The Morgan fingerprint density at radius 1 is 0.893 bits per heavy atom. The van der Waals surface area contributed by atoms with Gasteiger partial charge in [0.05, 0.1) is 12.7 Å². The number of aryl methyl sites for hydroxylation is 1. The molecular weight excluding hydrogens is 346 g/mol. The van der Waals surface area contributed by atoms with Gasteiger partial charge in [-0.2, -0.15) is 0 Å². The van der Waals surface area contributed by atoms with Crippen LogP contribution in [0, 0.1) is 6.92 Å². The molecule has 4 rings (SSSR count). The molecule has 1 aliphatic rings. The normalized spacial score (nSPS) is 17.0. The van der Waals surface area contributed by atoms with Crippen molar-refractivity contribution in [1.82, 2.24) is 4.90 Å². The summed E-state index contributed by atoms with van der Waals surface area (Å²) in [5.74, 6) is 1.69. The van der Waals surface area contributed by atoms with Gasteiger partial charge in [0.1, 0.15) is 11.5 Å². The first-order valence-electron chi connectivity index (χ1n) is 9.70. The first-order chi connectivity index (χ1) is 13.8. The first kappa shape index (κ1) is 18.3. The number of hydrogen-bond acceptors (Lipinski definition) is 3. The van der Waals surface area contributed by atoms with E-state index in [1.807, 2.05) is 30.3 Å². The van der Waals surface area contributed by atoms with E-state index in [9.17, 15) is 0 Å². The lowest BCUT2D eigenvalue weighted by atomic mass is 10.1. The minimum absolute atomic E-state index is 0.0719. The highest BCUT2D eigenvalue weighted by molar-refractivity contribution is 5.48.